The van der Waals surface area contributed by atoms with Crippen molar-refractivity contribution >= 4 is 43.2 Å². The van der Waals surface area contributed by atoms with Crippen LogP contribution in [-0.2, 0) is 0 Å². The van der Waals surface area contributed by atoms with Crippen molar-refractivity contribution in [1.29, 1.82) is 0 Å². The third kappa shape index (κ3) is 3.24. The minimum absolute atomic E-state index is 0.0493. The van der Waals surface area contributed by atoms with Gasteiger partial charge in [-0.15, -0.1) is 11.3 Å². The summed E-state index contributed by atoms with van der Waals surface area (Å²) in [4.78, 5) is 0.863. The summed E-state index contributed by atoms with van der Waals surface area (Å²) in [5, 5.41) is 5.02. The van der Waals surface area contributed by atoms with E-state index in [1.807, 2.05) is 18.4 Å². The highest BCUT2D eigenvalue weighted by Crippen LogP contribution is 2.36. The SMILES string of the molecule is CCNC(c1sccc1Br)c1c(F)cc(Br)cc1F. The summed E-state index contributed by atoms with van der Waals surface area (Å²) in [6.45, 7) is 2.52. The Morgan fingerprint density at radius 1 is 1.26 bits per heavy atom. The van der Waals surface area contributed by atoms with Gasteiger partial charge in [0.25, 0.3) is 0 Å². The van der Waals surface area contributed by atoms with Gasteiger partial charge in [-0.2, -0.15) is 0 Å². The molecule has 1 nitrogen and oxygen atoms in total. The van der Waals surface area contributed by atoms with Crippen LogP contribution in [0.4, 0.5) is 8.78 Å². The smallest absolute Gasteiger partial charge is 0.132 e. The molecule has 0 saturated carbocycles. The van der Waals surface area contributed by atoms with Crippen LogP contribution in [0.3, 0.4) is 0 Å². The van der Waals surface area contributed by atoms with E-state index in [4.69, 9.17) is 0 Å². The number of hydrogen-bond donors (Lipinski definition) is 1. The Labute approximate surface area is 131 Å². The maximum Gasteiger partial charge on any atom is 0.132 e. The van der Waals surface area contributed by atoms with E-state index < -0.39 is 17.7 Å². The molecule has 102 valence electrons. The van der Waals surface area contributed by atoms with Gasteiger partial charge in [-0.05, 0) is 46.1 Å². The third-order valence-electron chi connectivity index (χ3n) is 2.65. The molecular formula is C13H11Br2F2NS. The van der Waals surface area contributed by atoms with E-state index in [2.05, 4.69) is 37.2 Å². The van der Waals surface area contributed by atoms with Gasteiger partial charge >= 0.3 is 0 Å². The molecule has 19 heavy (non-hydrogen) atoms. The number of halogens is 4. The topological polar surface area (TPSA) is 12.0 Å². The van der Waals surface area contributed by atoms with Crippen LogP contribution in [0.1, 0.15) is 23.4 Å². The van der Waals surface area contributed by atoms with Crippen LogP contribution < -0.4 is 5.32 Å². The largest absolute Gasteiger partial charge is 0.306 e. The van der Waals surface area contributed by atoms with Crippen molar-refractivity contribution in [3.63, 3.8) is 0 Å². The molecular weight excluding hydrogens is 400 g/mol. The molecule has 1 heterocycles. The van der Waals surface area contributed by atoms with Gasteiger partial charge in [0.05, 0.1) is 6.04 Å². The number of rotatable bonds is 4. The van der Waals surface area contributed by atoms with E-state index in [0.717, 1.165) is 9.35 Å². The highest BCUT2D eigenvalue weighted by Gasteiger charge is 2.24. The predicted octanol–water partition coefficient (Wildman–Crippen LogP) is 5.25. The fourth-order valence-electron chi connectivity index (χ4n) is 1.87. The summed E-state index contributed by atoms with van der Waals surface area (Å²) in [7, 11) is 0. The fraction of sp³-hybridized carbons (Fsp3) is 0.231. The van der Waals surface area contributed by atoms with Crippen LogP contribution in [-0.4, -0.2) is 6.54 Å². The predicted molar refractivity (Wildman–Crippen MR) is 81.6 cm³/mol. The van der Waals surface area contributed by atoms with Crippen molar-refractivity contribution in [3.05, 3.63) is 54.6 Å². The van der Waals surface area contributed by atoms with Gasteiger partial charge in [0.15, 0.2) is 0 Å². The lowest BCUT2D eigenvalue weighted by Crippen LogP contribution is -2.23. The van der Waals surface area contributed by atoms with Crippen LogP contribution in [0.15, 0.2) is 32.5 Å². The zero-order valence-electron chi connectivity index (χ0n) is 10.0. The highest BCUT2D eigenvalue weighted by atomic mass is 79.9. The first-order valence-corrected chi connectivity index (χ1v) is 8.11. The van der Waals surface area contributed by atoms with Crippen molar-refractivity contribution < 1.29 is 8.78 Å². The van der Waals surface area contributed by atoms with Crippen LogP contribution in [0, 0.1) is 11.6 Å². The maximum absolute atomic E-state index is 14.1. The number of thiophene rings is 1. The average molecular weight is 411 g/mol. The van der Waals surface area contributed by atoms with Crippen LogP contribution >= 0.6 is 43.2 Å². The van der Waals surface area contributed by atoms with Gasteiger partial charge in [0.2, 0.25) is 0 Å². The Bertz CT molecular complexity index is 563. The first kappa shape index (κ1) is 15.1. The number of hydrogen-bond acceptors (Lipinski definition) is 2. The molecule has 0 spiro atoms. The van der Waals surface area contributed by atoms with E-state index in [9.17, 15) is 8.78 Å². The highest BCUT2D eigenvalue weighted by molar-refractivity contribution is 9.10. The van der Waals surface area contributed by atoms with Crippen molar-refractivity contribution in [2.24, 2.45) is 0 Å². The summed E-state index contributed by atoms with van der Waals surface area (Å²) >= 11 is 7.97. The second-order valence-electron chi connectivity index (χ2n) is 3.91. The van der Waals surface area contributed by atoms with Gasteiger partial charge in [-0.3, -0.25) is 0 Å². The van der Waals surface area contributed by atoms with E-state index >= 15 is 0 Å². The van der Waals surface area contributed by atoms with Crippen molar-refractivity contribution in [2.45, 2.75) is 13.0 Å². The molecule has 0 fully saturated rings. The Balaban J connectivity index is 2.54. The van der Waals surface area contributed by atoms with Gasteiger partial charge in [0.1, 0.15) is 11.6 Å². The minimum atomic E-state index is -0.557. The lowest BCUT2D eigenvalue weighted by molar-refractivity contribution is 0.512. The minimum Gasteiger partial charge on any atom is -0.306 e. The molecule has 0 radical (unpaired) electrons. The molecule has 0 bridgehead atoms. The molecule has 1 aromatic carbocycles. The Kier molecular flexibility index (Phi) is 5.11. The molecule has 0 aliphatic heterocycles. The van der Waals surface area contributed by atoms with E-state index in [-0.39, 0.29) is 5.56 Å². The van der Waals surface area contributed by atoms with E-state index in [1.165, 1.54) is 23.5 Å². The Morgan fingerprint density at radius 3 is 2.37 bits per heavy atom. The number of benzene rings is 1. The molecule has 1 aromatic heterocycles. The lowest BCUT2D eigenvalue weighted by atomic mass is 10.0. The molecule has 1 atom stereocenters. The molecule has 0 aliphatic carbocycles. The van der Waals surface area contributed by atoms with E-state index in [0.29, 0.717) is 11.0 Å². The van der Waals surface area contributed by atoms with Gasteiger partial charge < -0.3 is 5.32 Å². The van der Waals surface area contributed by atoms with Gasteiger partial charge in [-0.25, -0.2) is 8.78 Å². The zero-order chi connectivity index (χ0) is 14.0. The number of nitrogens with one attached hydrogen (secondary N) is 1. The molecule has 2 rings (SSSR count). The van der Waals surface area contributed by atoms with E-state index in [1.54, 1.807) is 0 Å². The monoisotopic (exact) mass is 409 g/mol. The molecule has 1 N–H and O–H groups in total. The third-order valence-corrected chi connectivity index (χ3v) is 5.04. The lowest BCUT2D eigenvalue weighted by Gasteiger charge is -2.19. The fourth-order valence-corrected chi connectivity index (χ4v) is 3.96. The zero-order valence-corrected chi connectivity index (χ0v) is 14.0. The second-order valence-corrected chi connectivity index (χ2v) is 6.62. The van der Waals surface area contributed by atoms with Gasteiger partial charge in [0, 0.05) is 19.4 Å². The summed E-state index contributed by atoms with van der Waals surface area (Å²) in [5.41, 5.74) is 0.0493. The Morgan fingerprint density at radius 2 is 1.89 bits per heavy atom. The van der Waals surface area contributed by atoms with Crippen LogP contribution in [0.2, 0.25) is 0 Å². The van der Waals surface area contributed by atoms with Crippen molar-refractivity contribution in [2.75, 3.05) is 6.54 Å². The molecule has 0 aliphatic rings. The summed E-state index contributed by atoms with van der Waals surface area (Å²) in [6.07, 6.45) is 0. The van der Waals surface area contributed by atoms with Crippen molar-refractivity contribution in [3.8, 4) is 0 Å². The molecule has 2 aromatic rings. The van der Waals surface area contributed by atoms with Gasteiger partial charge in [-0.1, -0.05) is 22.9 Å². The quantitative estimate of drug-likeness (QED) is 0.725. The first-order chi connectivity index (χ1) is 9.04. The van der Waals surface area contributed by atoms with Crippen LogP contribution in [0.5, 0.6) is 0 Å². The average Bonchev–Trinajstić information content (AvgIpc) is 2.73. The summed E-state index contributed by atoms with van der Waals surface area (Å²) in [5.74, 6) is -1.11. The normalized spacial score (nSPS) is 12.7. The summed E-state index contributed by atoms with van der Waals surface area (Å²) < 4.78 is 29.4. The Hall–Kier alpha value is -0.300. The second kappa shape index (κ2) is 6.43. The van der Waals surface area contributed by atoms with Crippen LogP contribution in [0.25, 0.3) is 0 Å². The first-order valence-electron chi connectivity index (χ1n) is 5.65. The molecule has 0 amide bonds. The molecule has 6 heteroatoms. The van der Waals surface area contributed by atoms with Crippen molar-refractivity contribution in [1.82, 2.24) is 5.32 Å². The summed E-state index contributed by atoms with van der Waals surface area (Å²) in [6, 6.07) is 3.94. The standard InChI is InChI=1S/C13H11Br2F2NS/c1-2-18-12(13-8(15)3-4-19-13)11-9(16)5-7(14)6-10(11)17/h3-6,12,18H,2H2,1H3. The maximum atomic E-state index is 14.1. The molecule has 1 unspecified atom stereocenters. The molecule has 0 saturated heterocycles.